The number of nitrogens with zero attached hydrogens (tertiary/aromatic N) is 3. The molecule has 146 valence electrons. The van der Waals surface area contributed by atoms with Crippen molar-refractivity contribution < 1.29 is 18.0 Å². The molecule has 0 aliphatic heterocycles. The Kier molecular flexibility index (Phi) is 4.67. The second-order valence-corrected chi connectivity index (χ2v) is 6.22. The van der Waals surface area contributed by atoms with Crippen molar-refractivity contribution in [2.45, 2.75) is 6.18 Å². The van der Waals surface area contributed by atoms with Gasteiger partial charge in [0.25, 0.3) is 5.91 Å². The molecule has 0 radical (unpaired) electrons. The van der Waals surface area contributed by atoms with Gasteiger partial charge in [-0.25, -0.2) is 4.68 Å². The second-order valence-electron chi connectivity index (χ2n) is 6.22. The molecular formula is C21H15F3N4O. The van der Waals surface area contributed by atoms with Crippen molar-refractivity contribution in [3.63, 3.8) is 0 Å². The van der Waals surface area contributed by atoms with Gasteiger partial charge < -0.3 is 9.88 Å². The molecule has 29 heavy (non-hydrogen) atoms. The normalized spacial score (nSPS) is 11.4. The lowest BCUT2D eigenvalue weighted by Gasteiger charge is -2.14. The molecule has 4 aromatic rings. The first kappa shape index (κ1) is 18.5. The molecule has 1 N–H and O–H groups in total. The summed E-state index contributed by atoms with van der Waals surface area (Å²) in [4.78, 5) is 12.9. The Morgan fingerprint density at radius 1 is 0.897 bits per heavy atom. The maximum atomic E-state index is 13.3. The van der Waals surface area contributed by atoms with Crippen LogP contribution in [0.3, 0.4) is 0 Å². The molecule has 0 saturated carbocycles. The zero-order valence-electron chi connectivity index (χ0n) is 15.0. The third kappa shape index (κ3) is 3.64. The van der Waals surface area contributed by atoms with Gasteiger partial charge in [-0.05, 0) is 36.4 Å². The van der Waals surface area contributed by atoms with Crippen molar-refractivity contribution in [1.82, 2.24) is 14.3 Å². The number of nitrogens with one attached hydrogen (secondary N) is 1. The zero-order chi connectivity index (χ0) is 20.4. The minimum atomic E-state index is -4.58. The van der Waals surface area contributed by atoms with Crippen molar-refractivity contribution in [1.29, 1.82) is 0 Å². The predicted molar refractivity (Wildman–Crippen MR) is 102 cm³/mol. The van der Waals surface area contributed by atoms with Gasteiger partial charge in [0.05, 0.1) is 23.1 Å². The molecule has 0 aliphatic carbocycles. The molecular weight excluding hydrogens is 381 g/mol. The number of rotatable bonds is 4. The fraction of sp³-hybridized carbons (Fsp3) is 0.0476. The molecule has 0 aliphatic rings. The maximum Gasteiger partial charge on any atom is 0.418 e. The molecule has 2 aromatic carbocycles. The molecule has 0 bridgehead atoms. The molecule has 5 nitrogen and oxygen atoms in total. The summed E-state index contributed by atoms with van der Waals surface area (Å²) in [6.45, 7) is 0. The van der Waals surface area contributed by atoms with Gasteiger partial charge in [-0.2, -0.15) is 18.3 Å². The summed E-state index contributed by atoms with van der Waals surface area (Å²) in [5.74, 6) is -0.268. The Bertz CT molecular complexity index is 1130. The van der Waals surface area contributed by atoms with Crippen LogP contribution in [0.15, 0.2) is 85.3 Å². The predicted octanol–water partition coefficient (Wildman–Crippen LogP) is 4.93. The van der Waals surface area contributed by atoms with E-state index in [1.807, 2.05) is 30.3 Å². The highest BCUT2D eigenvalue weighted by Gasteiger charge is 2.34. The molecule has 0 fully saturated rings. The molecule has 2 heterocycles. The van der Waals surface area contributed by atoms with Crippen LogP contribution < -0.4 is 5.32 Å². The molecule has 0 saturated heterocycles. The molecule has 8 heteroatoms. The van der Waals surface area contributed by atoms with E-state index in [1.54, 1.807) is 33.8 Å². The number of hydrogen-bond donors (Lipinski definition) is 1. The average molecular weight is 396 g/mol. The van der Waals surface area contributed by atoms with Crippen molar-refractivity contribution in [2.75, 3.05) is 5.32 Å². The van der Waals surface area contributed by atoms with Crippen molar-refractivity contribution in [3.05, 3.63) is 96.4 Å². The Hall–Kier alpha value is -3.81. The lowest BCUT2D eigenvalue weighted by atomic mass is 10.1. The van der Waals surface area contributed by atoms with Gasteiger partial charge in [-0.15, -0.1) is 0 Å². The van der Waals surface area contributed by atoms with Crippen LogP contribution in [0.1, 0.15) is 15.9 Å². The quantitative estimate of drug-likeness (QED) is 0.532. The third-order valence-electron chi connectivity index (χ3n) is 4.32. The summed E-state index contributed by atoms with van der Waals surface area (Å²) >= 11 is 0. The summed E-state index contributed by atoms with van der Waals surface area (Å²) < 4.78 is 43.0. The SMILES string of the molecule is O=C(Nc1ccccc1C(F)(F)F)c1cnn(-c2ccccc2)c1-n1cccc1. The monoisotopic (exact) mass is 396 g/mol. The van der Waals surface area contributed by atoms with Gasteiger partial charge in [0.1, 0.15) is 5.56 Å². The standard InChI is InChI=1S/C21H15F3N4O/c22-21(23,24)17-10-4-5-11-18(17)26-19(29)16-14-25-28(15-8-2-1-3-9-15)20(16)27-12-6-7-13-27/h1-14H,(H,26,29). The number of para-hydroxylation sites is 2. The van der Waals surface area contributed by atoms with Crippen molar-refractivity contribution >= 4 is 11.6 Å². The largest absolute Gasteiger partial charge is 0.418 e. The molecule has 1 amide bonds. The van der Waals surface area contributed by atoms with Gasteiger partial charge >= 0.3 is 6.18 Å². The Morgan fingerprint density at radius 2 is 1.55 bits per heavy atom. The number of halogens is 3. The minimum Gasteiger partial charge on any atom is -0.321 e. The van der Waals surface area contributed by atoms with Crippen LogP contribution in [0.4, 0.5) is 18.9 Å². The van der Waals surface area contributed by atoms with E-state index in [1.165, 1.54) is 24.4 Å². The zero-order valence-corrected chi connectivity index (χ0v) is 15.0. The molecule has 0 spiro atoms. The van der Waals surface area contributed by atoms with Gasteiger partial charge in [0, 0.05) is 12.4 Å². The highest BCUT2D eigenvalue weighted by atomic mass is 19.4. The van der Waals surface area contributed by atoms with E-state index in [4.69, 9.17) is 0 Å². The average Bonchev–Trinajstić information content (AvgIpc) is 3.37. The van der Waals surface area contributed by atoms with Crippen LogP contribution in [0.5, 0.6) is 0 Å². The topological polar surface area (TPSA) is 51.9 Å². The summed E-state index contributed by atoms with van der Waals surface area (Å²) in [7, 11) is 0. The summed E-state index contributed by atoms with van der Waals surface area (Å²) in [5, 5.41) is 6.66. The second kappa shape index (κ2) is 7.31. The molecule has 4 rings (SSSR count). The van der Waals surface area contributed by atoms with Crippen LogP contribution in [-0.2, 0) is 6.18 Å². The van der Waals surface area contributed by atoms with Crippen LogP contribution in [0.25, 0.3) is 11.5 Å². The highest BCUT2D eigenvalue weighted by molar-refractivity contribution is 6.06. The Balaban J connectivity index is 1.77. The number of hydrogen-bond acceptors (Lipinski definition) is 2. The van der Waals surface area contributed by atoms with E-state index in [2.05, 4.69) is 10.4 Å². The molecule has 2 aromatic heterocycles. The van der Waals surface area contributed by atoms with E-state index < -0.39 is 17.6 Å². The van der Waals surface area contributed by atoms with Crippen LogP contribution in [0, 0.1) is 0 Å². The number of carbonyl (C=O) groups excluding carboxylic acids is 1. The van der Waals surface area contributed by atoms with Crippen molar-refractivity contribution in [2.24, 2.45) is 0 Å². The smallest absolute Gasteiger partial charge is 0.321 e. The first-order valence-corrected chi connectivity index (χ1v) is 8.69. The van der Waals surface area contributed by atoms with E-state index in [9.17, 15) is 18.0 Å². The van der Waals surface area contributed by atoms with E-state index >= 15 is 0 Å². The van der Waals surface area contributed by atoms with Gasteiger partial charge in [0.15, 0.2) is 5.82 Å². The van der Waals surface area contributed by atoms with Crippen molar-refractivity contribution in [3.8, 4) is 11.5 Å². The van der Waals surface area contributed by atoms with Gasteiger partial charge in [-0.3, -0.25) is 4.79 Å². The number of benzene rings is 2. The number of amides is 1. The van der Waals surface area contributed by atoms with E-state index in [0.29, 0.717) is 11.5 Å². The lowest BCUT2D eigenvalue weighted by Crippen LogP contribution is -2.18. The van der Waals surface area contributed by atoms with Crippen LogP contribution in [-0.4, -0.2) is 20.3 Å². The summed E-state index contributed by atoms with van der Waals surface area (Å²) in [5.41, 5.74) is -0.366. The number of alkyl halides is 3. The number of aromatic nitrogens is 3. The maximum absolute atomic E-state index is 13.3. The highest BCUT2D eigenvalue weighted by Crippen LogP contribution is 2.35. The van der Waals surface area contributed by atoms with E-state index in [0.717, 1.165) is 6.07 Å². The minimum absolute atomic E-state index is 0.141. The Morgan fingerprint density at radius 3 is 2.24 bits per heavy atom. The first-order valence-electron chi connectivity index (χ1n) is 8.69. The first-order chi connectivity index (χ1) is 13.9. The molecule has 0 atom stereocenters. The molecule has 0 unspecified atom stereocenters. The third-order valence-corrected chi connectivity index (χ3v) is 4.32. The van der Waals surface area contributed by atoms with Crippen LogP contribution >= 0.6 is 0 Å². The lowest BCUT2D eigenvalue weighted by molar-refractivity contribution is -0.136. The number of anilines is 1. The van der Waals surface area contributed by atoms with Gasteiger partial charge in [0.2, 0.25) is 0 Å². The van der Waals surface area contributed by atoms with Crippen LogP contribution in [0.2, 0.25) is 0 Å². The number of carbonyl (C=O) groups is 1. The van der Waals surface area contributed by atoms with E-state index in [-0.39, 0.29) is 11.3 Å². The Labute approximate surface area is 164 Å². The summed E-state index contributed by atoms with van der Waals surface area (Å²) in [6, 6.07) is 17.6. The summed E-state index contributed by atoms with van der Waals surface area (Å²) in [6.07, 6.45) is 0.225. The fourth-order valence-corrected chi connectivity index (χ4v) is 3.01. The fourth-order valence-electron chi connectivity index (χ4n) is 3.01. The van der Waals surface area contributed by atoms with Gasteiger partial charge in [-0.1, -0.05) is 30.3 Å².